The maximum Gasteiger partial charge on any atom is 0.416 e. The Bertz CT molecular complexity index is 1510. The van der Waals surface area contributed by atoms with Crippen molar-refractivity contribution < 1.29 is 22.8 Å². The number of hydrogen-bond donors (Lipinski definition) is 1. The van der Waals surface area contributed by atoms with E-state index in [0.717, 1.165) is 29.8 Å². The first-order valence-electron chi connectivity index (χ1n) is 12.3. The van der Waals surface area contributed by atoms with Crippen LogP contribution in [0.5, 0.6) is 0 Å². The maximum atomic E-state index is 13.9. The van der Waals surface area contributed by atoms with Crippen LogP contribution >= 0.6 is 23.4 Å². The van der Waals surface area contributed by atoms with E-state index in [2.05, 4.69) is 15.2 Å². The molecule has 0 unspecified atom stereocenters. The van der Waals surface area contributed by atoms with Gasteiger partial charge in [-0.3, -0.25) is 14.7 Å². The first-order valence-corrected chi connectivity index (χ1v) is 13.5. The average molecular weight is 576 g/mol. The van der Waals surface area contributed by atoms with Crippen LogP contribution in [-0.2, 0) is 22.2 Å². The van der Waals surface area contributed by atoms with Crippen LogP contribution in [0, 0.1) is 0 Å². The number of thioether (sulfide) groups is 1. The normalized spacial score (nSPS) is 18.1. The summed E-state index contributed by atoms with van der Waals surface area (Å²) in [6, 6.07) is 9.14. The van der Waals surface area contributed by atoms with Crippen molar-refractivity contribution in [3.05, 3.63) is 69.2 Å². The van der Waals surface area contributed by atoms with Gasteiger partial charge in [-0.15, -0.1) is 0 Å². The molecular weight excluding hydrogens is 551 g/mol. The van der Waals surface area contributed by atoms with Crippen molar-refractivity contribution in [1.82, 2.24) is 20.0 Å². The van der Waals surface area contributed by atoms with Gasteiger partial charge in [0.1, 0.15) is 0 Å². The Morgan fingerprint density at radius 1 is 1.21 bits per heavy atom. The number of rotatable bonds is 4. The summed E-state index contributed by atoms with van der Waals surface area (Å²) in [5.74, 6) is -0.483. The monoisotopic (exact) mass is 575 g/mol. The molecular formula is C27H25ClF3N5O2S. The molecule has 0 aliphatic carbocycles. The van der Waals surface area contributed by atoms with Gasteiger partial charge in [0, 0.05) is 43.5 Å². The van der Waals surface area contributed by atoms with Crippen LogP contribution in [0.3, 0.4) is 0 Å². The lowest BCUT2D eigenvalue weighted by Gasteiger charge is -2.36. The Labute approximate surface area is 232 Å². The summed E-state index contributed by atoms with van der Waals surface area (Å²) in [6.07, 6.45) is -1.67. The number of H-pyrrole nitrogens is 1. The van der Waals surface area contributed by atoms with Gasteiger partial charge < -0.3 is 9.80 Å². The molecule has 2 aliphatic heterocycles. The molecule has 3 aromatic rings. The number of benzene rings is 2. The molecule has 39 heavy (non-hydrogen) atoms. The summed E-state index contributed by atoms with van der Waals surface area (Å²) in [5, 5.41) is 8.16. The fourth-order valence-electron chi connectivity index (χ4n) is 4.92. The molecule has 1 N–H and O–H groups in total. The highest BCUT2D eigenvalue weighted by Gasteiger charge is 2.36. The quantitative estimate of drug-likeness (QED) is 0.400. The molecule has 5 rings (SSSR count). The fraction of sp³-hybridized carbons (Fsp3) is 0.333. The molecule has 2 aliphatic rings. The second-order valence-corrected chi connectivity index (χ2v) is 11.0. The molecule has 2 aromatic carbocycles. The number of amidine groups is 1. The van der Waals surface area contributed by atoms with Crippen molar-refractivity contribution in [2.75, 3.05) is 20.1 Å². The summed E-state index contributed by atoms with van der Waals surface area (Å²) in [4.78, 5) is 33.3. The van der Waals surface area contributed by atoms with E-state index in [1.54, 1.807) is 36.3 Å². The third-order valence-corrected chi connectivity index (χ3v) is 8.56. The van der Waals surface area contributed by atoms with E-state index in [4.69, 9.17) is 11.6 Å². The molecule has 1 aromatic heterocycles. The number of carbonyl (C=O) groups is 2. The van der Waals surface area contributed by atoms with Crippen LogP contribution in [0.4, 0.5) is 13.2 Å². The van der Waals surface area contributed by atoms with Gasteiger partial charge >= 0.3 is 6.18 Å². The molecule has 12 heteroatoms. The summed E-state index contributed by atoms with van der Waals surface area (Å²) < 4.78 is 41.8. The van der Waals surface area contributed by atoms with Crippen LogP contribution in [0.15, 0.2) is 52.5 Å². The van der Waals surface area contributed by atoms with Gasteiger partial charge in [0.05, 0.1) is 22.2 Å². The van der Waals surface area contributed by atoms with Gasteiger partial charge in [0.15, 0.2) is 5.17 Å². The number of alkyl halides is 3. The molecule has 1 saturated heterocycles. The number of piperidine rings is 1. The van der Waals surface area contributed by atoms with E-state index < -0.39 is 17.6 Å². The largest absolute Gasteiger partial charge is 0.416 e. The van der Waals surface area contributed by atoms with E-state index in [-0.39, 0.29) is 29.0 Å². The van der Waals surface area contributed by atoms with Gasteiger partial charge in [-0.1, -0.05) is 23.7 Å². The van der Waals surface area contributed by atoms with Crippen LogP contribution in [0.25, 0.3) is 16.5 Å². The highest BCUT2D eigenvalue weighted by atomic mass is 35.5. The Morgan fingerprint density at radius 3 is 2.64 bits per heavy atom. The first kappa shape index (κ1) is 27.3. The number of nitrogens with zero attached hydrogens (tertiary/aromatic N) is 4. The molecule has 0 bridgehead atoms. The fourth-order valence-corrected chi connectivity index (χ4v) is 6.17. The predicted molar refractivity (Wildman–Crippen MR) is 146 cm³/mol. The number of carbonyl (C=O) groups excluding carboxylic acids is 2. The number of nitrogens with one attached hydrogen (secondary N) is 1. The molecule has 1 fully saturated rings. The molecule has 2 amide bonds. The summed E-state index contributed by atoms with van der Waals surface area (Å²) in [7, 11) is 1.78. The zero-order valence-corrected chi connectivity index (χ0v) is 22.8. The number of fused-ring (bicyclic) bond motifs is 1. The zero-order valence-electron chi connectivity index (χ0n) is 21.2. The summed E-state index contributed by atoms with van der Waals surface area (Å²) in [5.41, 5.74) is 1.00. The van der Waals surface area contributed by atoms with Crippen LogP contribution < -0.4 is 0 Å². The number of likely N-dealkylation sites (tertiary alicyclic amines) is 1. The van der Waals surface area contributed by atoms with E-state index in [9.17, 15) is 22.8 Å². The lowest BCUT2D eigenvalue weighted by atomic mass is 9.93. The molecule has 0 radical (unpaired) electrons. The predicted octanol–water partition coefficient (Wildman–Crippen LogP) is 5.76. The lowest BCUT2D eigenvalue weighted by Crippen LogP contribution is -2.46. The van der Waals surface area contributed by atoms with Crippen molar-refractivity contribution in [1.29, 1.82) is 0 Å². The molecule has 0 spiro atoms. The smallest absolute Gasteiger partial charge is 0.351 e. The van der Waals surface area contributed by atoms with Crippen molar-refractivity contribution in [2.45, 2.75) is 38.4 Å². The Morgan fingerprint density at radius 2 is 1.95 bits per heavy atom. The SMILES string of the molecule is CC(=O)N(C)C1CCN(C2=NC(=O)C(=C(Cc3ccc(Cl)cc3C(F)(F)F)c3ccc4[nH]ncc4c3)S2)CC1. The summed E-state index contributed by atoms with van der Waals surface area (Å²) >= 11 is 7.09. The number of halogens is 4. The first-order chi connectivity index (χ1) is 18.5. The lowest BCUT2D eigenvalue weighted by molar-refractivity contribution is -0.138. The molecule has 7 nitrogen and oxygen atoms in total. The molecule has 204 valence electrons. The number of hydrogen-bond acceptors (Lipinski definition) is 5. The molecule has 0 atom stereocenters. The van der Waals surface area contributed by atoms with Crippen LogP contribution in [0.2, 0.25) is 5.02 Å². The third kappa shape index (κ3) is 5.69. The third-order valence-electron chi connectivity index (χ3n) is 7.17. The number of aromatic nitrogens is 2. The van der Waals surface area contributed by atoms with Gasteiger partial charge in [-0.05, 0) is 72.0 Å². The Hall–Kier alpha value is -3.31. The number of allylic oxidation sites excluding steroid dienone is 1. The van der Waals surface area contributed by atoms with Crippen molar-refractivity contribution >= 4 is 56.8 Å². The Balaban J connectivity index is 1.49. The topological polar surface area (TPSA) is 81.7 Å². The highest BCUT2D eigenvalue weighted by molar-refractivity contribution is 8.18. The number of aromatic amines is 1. The summed E-state index contributed by atoms with van der Waals surface area (Å²) in [6.45, 7) is 2.76. The second kappa shape index (κ2) is 10.7. The standard InChI is InChI=1S/C27H25ClF3N5O2S/c1-15(37)35(2)20-7-9-36(10-8-20)26-33-25(38)24(39-26)21(16-4-6-23-18(11-16)14-32-34-23)12-17-3-5-19(28)13-22(17)27(29,30)31/h3-6,11,13-14,20H,7-10,12H2,1-2H3,(H,32,34). The molecule has 0 saturated carbocycles. The number of aliphatic imine (C=N–C) groups is 1. The maximum absolute atomic E-state index is 13.9. The average Bonchev–Trinajstić information content (AvgIpc) is 3.53. The van der Waals surface area contributed by atoms with Crippen molar-refractivity contribution in [3.8, 4) is 0 Å². The molecule has 3 heterocycles. The second-order valence-electron chi connectivity index (χ2n) is 9.61. The highest BCUT2D eigenvalue weighted by Crippen LogP contribution is 2.41. The van der Waals surface area contributed by atoms with Crippen molar-refractivity contribution in [3.63, 3.8) is 0 Å². The minimum atomic E-state index is -4.61. The number of amides is 2. The van der Waals surface area contributed by atoms with E-state index >= 15 is 0 Å². The Kier molecular flexibility index (Phi) is 7.47. The van der Waals surface area contributed by atoms with E-state index in [1.165, 1.54) is 30.8 Å². The van der Waals surface area contributed by atoms with E-state index in [1.807, 2.05) is 4.90 Å². The zero-order chi connectivity index (χ0) is 27.9. The van der Waals surface area contributed by atoms with Crippen LogP contribution in [-0.4, -0.2) is 63.2 Å². The van der Waals surface area contributed by atoms with Crippen molar-refractivity contribution in [2.24, 2.45) is 4.99 Å². The van der Waals surface area contributed by atoms with Gasteiger partial charge in [-0.25, -0.2) is 0 Å². The van der Waals surface area contributed by atoms with Gasteiger partial charge in [0.25, 0.3) is 5.91 Å². The van der Waals surface area contributed by atoms with E-state index in [0.29, 0.717) is 34.3 Å². The van der Waals surface area contributed by atoms with Crippen LogP contribution in [0.1, 0.15) is 36.5 Å². The minimum Gasteiger partial charge on any atom is -0.351 e. The van der Waals surface area contributed by atoms with Gasteiger partial charge in [0.2, 0.25) is 5.91 Å². The van der Waals surface area contributed by atoms with Gasteiger partial charge in [-0.2, -0.15) is 23.3 Å². The minimum absolute atomic E-state index is 0.00101.